The van der Waals surface area contributed by atoms with E-state index in [1.54, 1.807) is 0 Å². The van der Waals surface area contributed by atoms with E-state index in [-0.39, 0.29) is 17.4 Å². The fourth-order valence-corrected chi connectivity index (χ4v) is 5.84. The van der Waals surface area contributed by atoms with Crippen LogP contribution in [-0.4, -0.2) is 27.6 Å². The van der Waals surface area contributed by atoms with Gasteiger partial charge in [-0.1, -0.05) is 30.3 Å². The number of aliphatic carboxylic acids is 1. The highest BCUT2D eigenvalue weighted by atomic mass is 16.4. The van der Waals surface area contributed by atoms with Gasteiger partial charge in [0.15, 0.2) is 0 Å². The summed E-state index contributed by atoms with van der Waals surface area (Å²) < 4.78 is 8.04. The van der Waals surface area contributed by atoms with Crippen LogP contribution in [0.2, 0.25) is 0 Å². The first-order valence-electron chi connectivity index (χ1n) is 11.0. The number of fused-ring (bicyclic) bond motifs is 2. The molecule has 3 fully saturated rings. The number of aromatic nitrogens is 1. The molecule has 2 N–H and O–H groups in total. The van der Waals surface area contributed by atoms with Gasteiger partial charge in [0.05, 0.1) is 23.0 Å². The van der Waals surface area contributed by atoms with Gasteiger partial charge >= 0.3 is 5.97 Å². The van der Waals surface area contributed by atoms with Crippen molar-refractivity contribution in [2.24, 2.45) is 10.8 Å². The number of nitrogens with one attached hydrogen (secondary N) is 1. The lowest BCUT2D eigenvalue weighted by Gasteiger charge is -2.70. The Hall–Kier alpha value is -3.54. The first kappa shape index (κ1) is 19.2. The molecule has 162 valence electrons. The molecule has 6 nitrogen and oxygen atoms in total. The molecule has 32 heavy (non-hydrogen) atoms. The van der Waals surface area contributed by atoms with E-state index in [1.807, 2.05) is 72.3 Å². The lowest BCUT2D eigenvalue weighted by atomic mass is 9.33. The summed E-state index contributed by atoms with van der Waals surface area (Å²) in [4.78, 5) is 24.7. The highest BCUT2D eigenvalue weighted by Gasteiger charge is 2.73. The van der Waals surface area contributed by atoms with Crippen LogP contribution in [0.4, 0.5) is 0 Å². The number of hydrogen-bond donors (Lipinski definition) is 2. The Bertz CT molecular complexity index is 1340. The number of carbonyl (C=O) groups excluding carboxylic acids is 1. The van der Waals surface area contributed by atoms with E-state index in [4.69, 9.17) is 4.42 Å². The minimum absolute atomic E-state index is 0.0646. The number of carbonyl (C=O) groups is 2. The van der Waals surface area contributed by atoms with Crippen LogP contribution in [0, 0.1) is 10.8 Å². The number of nitrogens with zero attached hydrogens (tertiary/aromatic N) is 1. The van der Waals surface area contributed by atoms with Gasteiger partial charge in [0.25, 0.3) is 5.91 Å². The molecular formula is C26H24N2O4. The van der Waals surface area contributed by atoms with Crippen LogP contribution in [0.1, 0.15) is 42.3 Å². The normalized spacial score (nSPS) is 24.7. The summed E-state index contributed by atoms with van der Waals surface area (Å²) in [5, 5.41) is 14.6. The fourth-order valence-electron chi connectivity index (χ4n) is 5.84. The molecule has 0 unspecified atom stereocenters. The van der Waals surface area contributed by atoms with Crippen LogP contribution in [0.3, 0.4) is 0 Å². The van der Waals surface area contributed by atoms with E-state index in [0.29, 0.717) is 31.4 Å². The molecule has 3 aliphatic carbocycles. The zero-order valence-corrected chi connectivity index (χ0v) is 17.8. The third-order valence-electron chi connectivity index (χ3n) is 7.63. The minimum Gasteiger partial charge on any atom is -0.481 e. The molecule has 0 radical (unpaired) electrons. The van der Waals surface area contributed by atoms with Crippen molar-refractivity contribution in [3.8, 4) is 0 Å². The number of carboxylic acids is 1. The lowest BCUT2D eigenvalue weighted by Crippen LogP contribution is -2.71. The highest BCUT2D eigenvalue weighted by Crippen LogP contribution is 2.74. The molecule has 4 aromatic rings. The van der Waals surface area contributed by atoms with Gasteiger partial charge in [-0.05, 0) is 55.9 Å². The zero-order valence-electron chi connectivity index (χ0n) is 17.8. The molecular weight excluding hydrogens is 404 g/mol. The highest BCUT2D eigenvalue weighted by molar-refractivity contribution is 6.06. The number of amides is 1. The Morgan fingerprint density at radius 2 is 1.84 bits per heavy atom. The maximum Gasteiger partial charge on any atom is 0.309 e. The van der Waals surface area contributed by atoms with Crippen molar-refractivity contribution in [1.82, 2.24) is 9.88 Å². The van der Waals surface area contributed by atoms with E-state index >= 15 is 0 Å². The number of furan rings is 1. The second kappa shape index (κ2) is 6.48. The number of benzene rings is 2. The first-order chi connectivity index (χ1) is 15.4. The summed E-state index contributed by atoms with van der Waals surface area (Å²) in [5.41, 5.74) is 1.73. The fraction of sp³-hybridized carbons (Fsp3) is 0.308. The summed E-state index contributed by atoms with van der Waals surface area (Å²) in [7, 11) is 0. The molecule has 3 saturated carbocycles. The first-order valence-corrected chi connectivity index (χ1v) is 11.0. The number of hydrogen-bond acceptors (Lipinski definition) is 3. The molecule has 2 aromatic heterocycles. The van der Waals surface area contributed by atoms with E-state index < -0.39 is 11.4 Å². The molecule has 6 heteroatoms. The topological polar surface area (TPSA) is 84.5 Å². The van der Waals surface area contributed by atoms with E-state index in [2.05, 4.69) is 5.32 Å². The van der Waals surface area contributed by atoms with Gasteiger partial charge in [0.2, 0.25) is 0 Å². The molecule has 2 bridgehead atoms. The molecule has 1 atom stereocenters. The molecule has 1 amide bonds. The van der Waals surface area contributed by atoms with Crippen molar-refractivity contribution in [2.45, 2.75) is 38.8 Å². The van der Waals surface area contributed by atoms with Crippen molar-refractivity contribution in [1.29, 1.82) is 0 Å². The number of rotatable bonds is 6. The molecule has 0 saturated heterocycles. The van der Waals surface area contributed by atoms with E-state index in [9.17, 15) is 14.7 Å². The predicted molar refractivity (Wildman–Crippen MR) is 121 cm³/mol. The maximum atomic E-state index is 13.3. The predicted octanol–water partition coefficient (Wildman–Crippen LogP) is 4.81. The SMILES string of the molecule is C[C@@H](NC(=O)c1cccc2ccn(Cc3cc4ccccc4o3)c12)C12CC(C(=O)O)(C1)C2. The van der Waals surface area contributed by atoms with Gasteiger partial charge in [-0.25, -0.2) is 0 Å². The Morgan fingerprint density at radius 1 is 1.09 bits per heavy atom. The molecule has 3 aliphatic rings. The Balaban J connectivity index is 1.26. The van der Waals surface area contributed by atoms with Gasteiger partial charge in [0.1, 0.15) is 11.3 Å². The van der Waals surface area contributed by atoms with Crippen LogP contribution in [0.5, 0.6) is 0 Å². The number of carboxylic acid groups (broad SMARTS) is 1. The average molecular weight is 428 g/mol. The summed E-state index contributed by atoms with van der Waals surface area (Å²) in [6.45, 7) is 2.53. The molecule has 2 heterocycles. The smallest absolute Gasteiger partial charge is 0.309 e. The van der Waals surface area contributed by atoms with Crippen LogP contribution < -0.4 is 5.32 Å². The monoisotopic (exact) mass is 428 g/mol. The van der Waals surface area contributed by atoms with Crippen molar-refractivity contribution < 1.29 is 19.1 Å². The largest absolute Gasteiger partial charge is 0.481 e. The van der Waals surface area contributed by atoms with Gasteiger partial charge in [0, 0.05) is 23.0 Å². The van der Waals surface area contributed by atoms with Crippen LogP contribution >= 0.6 is 0 Å². The number of para-hydroxylation sites is 2. The van der Waals surface area contributed by atoms with Crippen LogP contribution in [0.25, 0.3) is 21.9 Å². The maximum absolute atomic E-state index is 13.3. The standard InChI is InChI=1S/C26H24N2O4/c1-16(25-13-26(14-25,15-25)24(30)31)27-23(29)20-7-4-6-17-9-10-28(22(17)20)12-19-11-18-5-2-3-8-21(18)32-19/h2-11,16H,12-15H2,1H3,(H,27,29)(H,30,31)/t16-,25?,26?/m1/s1. The Kier molecular flexibility index (Phi) is 3.88. The van der Waals surface area contributed by atoms with Crippen molar-refractivity contribution >= 4 is 33.7 Å². The van der Waals surface area contributed by atoms with Crippen molar-refractivity contribution in [3.05, 3.63) is 72.1 Å². The van der Waals surface area contributed by atoms with Gasteiger partial charge < -0.3 is 19.4 Å². The van der Waals surface area contributed by atoms with Crippen LogP contribution in [0.15, 0.2) is 65.2 Å². The van der Waals surface area contributed by atoms with Gasteiger partial charge in [-0.3, -0.25) is 9.59 Å². The minimum atomic E-state index is -0.703. The summed E-state index contributed by atoms with van der Waals surface area (Å²) in [5.74, 6) is 0.00737. The molecule has 2 aromatic carbocycles. The van der Waals surface area contributed by atoms with Crippen LogP contribution in [-0.2, 0) is 11.3 Å². The average Bonchev–Trinajstić information content (AvgIpc) is 3.29. The Morgan fingerprint density at radius 3 is 2.59 bits per heavy atom. The van der Waals surface area contributed by atoms with Crippen molar-refractivity contribution in [3.63, 3.8) is 0 Å². The zero-order chi connectivity index (χ0) is 22.1. The van der Waals surface area contributed by atoms with Crippen molar-refractivity contribution in [2.75, 3.05) is 0 Å². The quantitative estimate of drug-likeness (QED) is 0.462. The lowest BCUT2D eigenvalue weighted by molar-refractivity contribution is -0.230. The third-order valence-corrected chi connectivity index (χ3v) is 7.63. The summed E-state index contributed by atoms with van der Waals surface area (Å²) in [6, 6.07) is 17.6. The molecule has 7 rings (SSSR count). The second-order valence-corrected chi connectivity index (χ2v) is 9.61. The van der Waals surface area contributed by atoms with Gasteiger partial charge in [-0.2, -0.15) is 0 Å². The molecule has 0 aliphatic heterocycles. The van der Waals surface area contributed by atoms with E-state index in [1.165, 1.54) is 0 Å². The van der Waals surface area contributed by atoms with Gasteiger partial charge in [-0.15, -0.1) is 0 Å². The summed E-state index contributed by atoms with van der Waals surface area (Å²) in [6.07, 6.45) is 3.95. The summed E-state index contributed by atoms with van der Waals surface area (Å²) >= 11 is 0. The molecule has 0 spiro atoms. The second-order valence-electron chi connectivity index (χ2n) is 9.61. The third kappa shape index (κ3) is 2.65. The Labute approximate surface area is 184 Å². The van der Waals surface area contributed by atoms with E-state index in [0.717, 1.165) is 27.6 Å².